The Morgan fingerprint density at radius 2 is 1.89 bits per heavy atom. The molecule has 1 spiro atoms. The van der Waals surface area contributed by atoms with Crippen molar-refractivity contribution in [1.82, 2.24) is 9.97 Å². The highest BCUT2D eigenvalue weighted by Crippen LogP contribution is 2.50. The molecule has 0 radical (unpaired) electrons. The number of amides is 1. The quantitative estimate of drug-likeness (QED) is 0.863. The lowest BCUT2D eigenvalue weighted by Crippen LogP contribution is -2.29. The molecule has 2 aromatic rings. The summed E-state index contributed by atoms with van der Waals surface area (Å²) < 4.78 is 0. The predicted molar refractivity (Wildman–Crippen MR) is 108 cm³/mol. The maximum absolute atomic E-state index is 11.7. The lowest BCUT2D eigenvalue weighted by Gasteiger charge is -2.38. The minimum absolute atomic E-state index is 0.269. The second kappa shape index (κ2) is 6.74. The SMILES string of the molecule is CC[C@H]1CC[C@]2(CCc3cc(-c4nc(C(N)=O)c(C)nc4C)ccc32)CC1. The summed E-state index contributed by atoms with van der Waals surface area (Å²) in [6, 6.07) is 6.75. The van der Waals surface area contributed by atoms with Crippen molar-refractivity contribution in [2.24, 2.45) is 11.7 Å². The van der Waals surface area contributed by atoms with Gasteiger partial charge in [0.15, 0.2) is 0 Å². The molecule has 0 aliphatic heterocycles. The third-order valence-corrected chi connectivity index (χ3v) is 6.94. The van der Waals surface area contributed by atoms with Crippen LogP contribution in [0.4, 0.5) is 0 Å². The van der Waals surface area contributed by atoms with Gasteiger partial charge in [-0.25, -0.2) is 4.98 Å². The van der Waals surface area contributed by atoms with Crippen LogP contribution in [-0.2, 0) is 11.8 Å². The van der Waals surface area contributed by atoms with Gasteiger partial charge in [-0.2, -0.15) is 0 Å². The first kappa shape index (κ1) is 18.1. The third-order valence-electron chi connectivity index (χ3n) is 6.94. The molecule has 0 saturated heterocycles. The zero-order valence-electron chi connectivity index (χ0n) is 16.6. The van der Waals surface area contributed by atoms with Crippen LogP contribution in [0, 0.1) is 19.8 Å². The number of aromatic nitrogens is 2. The van der Waals surface area contributed by atoms with E-state index in [9.17, 15) is 4.79 Å². The molecular weight excluding hydrogens is 334 g/mol. The van der Waals surface area contributed by atoms with Gasteiger partial charge in [0.2, 0.25) is 0 Å². The van der Waals surface area contributed by atoms with Crippen LogP contribution in [0.5, 0.6) is 0 Å². The van der Waals surface area contributed by atoms with Gasteiger partial charge in [-0.1, -0.05) is 25.5 Å². The van der Waals surface area contributed by atoms with E-state index in [2.05, 4.69) is 35.1 Å². The number of carbonyl (C=O) groups excluding carboxylic acids is 1. The fraction of sp³-hybridized carbons (Fsp3) is 0.522. The Morgan fingerprint density at radius 1 is 1.15 bits per heavy atom. The molecule has 1 aromatic heterocycles. The van der Waals surface area contributed by atoms with Crippen LogP contribution in [-0.4, -0.2) is 15.9 Å². The van der Waals surface area contributed by atoms with Gasteiger partial charge in [-0.3, -0.25) is 9.78 Å². The van der Waals surface area contributed by atoms with Gasteiger partial charge in [-0.15, -0.1) is 0 Å². The smallest absolute Gasteiger partial charge is 0.269 e. The van der Waals surface area contributed by atoms with Gasteiger partial charge in [0, 0.05) is 5.56 Å². The number of hydrogen-bond donors (Lipinski definition) is 1. The third kappa shape index (κ3) is 3.05. The van der Waals surface area contributed by atoms with E-state index in [-0.39, 0.29) is 5.69 Å². The van der Waals surface area contributed by atoms with Crippen LogP contribution in [0.1, 0.15) is 78.5 Å². The Labute approximate surface area is 161 Å². The number of carbonyl (C=O) groups is 1. The van der Waals surface area contributed by atoms with Crippen LogP contribution < -0.4 is 5.73 Å². The summed E-state index contributed by atoms with van der Waals surface area (Å²) in [7, 11) is 0. The number of hydrogen-bond acceptors (Lipinski definition) is 3. The van der Waals surface area contributed by atoms with Crippen molar-refractivity contribution in [2.75, 3.05) is 0 Å². The summed E-state index contributed by atoms with van der Waals surface area (Å²) in [5.74, 6) is 0.394. The standard InChI is InChI=1S/C23H29N3O/c1-4-16-7-10-23(11-8-16)12-9-17-13-18(5-6-19(17)23)20-14(2)25-15(3)21(26-20)22(24)27/h5-6,13,16H,4,7-12H2,1-3H3,(H2,24,27)/t16-,23+. The highest BCUT2D eigenvalue weighted by Gasteiger charge is 2.41. The molecule has 2 aliphatic rings. The van der Waals surface area contributed by atoms with Crippen LogP contribution >= 0.6 is 0 Å². The summed E-state index contributed by atoms with van der Waals surface area (Å²) in [4.78, 5) is 20.7. The minimum atomic E-state index is -0.519. The zero-order valence-corrected chi connectivity index (χ0v) is 16.6. The Morgan fingerprint density at radius 3 is 2.56 bits per heavy atom. The first-order chi connectivity index (χ1) is 12.9. The van der Waals surface area contributed by atoms with E-state index < -0.39 is 5.91 Å². The van der Waals surface area contributed by atoms with E-state index in [4.69, 9.17) is 5.73 Å². The summed E-state index contributed by atoms with van der Waals surface area (Å²) >= 11 is 0. The van der Waals surface area contributed by atoms with Crippen molar-refractivity contribution in [3.8, 4) is 11.3 Å². The van der Waals surface area contributed by atoms with Gasteiger partial charge in [0.05, 0.1) is 17.1 Å². The maximum atomic E-state index is 11.7. The van der Waals surface area contributed by atoms with Crippen molar-refractivity contribution in [3.63, 3.8) is 0 Å². The molecular formula is C23H29N3O. The predicted octanol–water partition coefficient (Wildman–Crippen LogP) is 4.64. The molecule has 1 heterocycles. The van der Waals surface area contributed by atoms with Gasteiger partial charge in [0.1, 0.15) is 5.69 Å². The number of fused-ring (bicyclic) bond motifs is 2. The lowest BCUT2D eigenvalue weighted by molar-refractivity contribution is 0.0994. The normalized spacial score (nSPS) is 24.2. The number of nitrogens with two attached hydrogens (primary N) is 1. The van der Waals surface area contributed by atoms with E-state index in [1.807, 2.05) is 6.92 Å². The minimum Gasteiger partial charge on any atom is -0.364 e. The summed E-state index contributed by atoms with van der Waals surface area (Å²) in [5, 5.41) is 0. The molecule has 142 valence electrons. The van der Waals surface area contributed by atoms with Crippen molar-refractivity contribution in [3.05, 3.63) is 46.4 Å². The molecule has 4 nitrogen and oxygen atoms in total. The van der Waals surface area contributed by atoms with Gasteiger partial charge in [-0.05, 0) is 80.9 Å². The van der Waals surface area contributed by atoms with Crippen LogP contribution in [0.2, 0.25) is 0 Å². The molecule has 0 unspecified atom stereocenters. The van der Waals surface area contributed by atoms with Gasteiger partial charge >= 0.3 is 0 Å². The topological polar surface area (TPSA) is 68.9 Å². The Hall–Kier alpha value is -2.23. The van der Waals surface area contributed by atoms with Crippen molar-refractivity contribution in [1.29, 1.82) is 0 Å². The average Bonchev–Trinajstić information content (AvgIpc) is 3.00. The summed E-state index contributed by atoms with van der Waals surface area (Å²) in [6.45, 7) is 6.05. The molecule has 1 aromatic carbocycles. The van der Waals surface area contributed by atoms with E-state index in [0.717, 1.165) is 29.3 Å². The largest absolute Gasteiger partial charge is 0.364 e. The number of primary amides is 1. The summed E-state index contributed by atoms with van der Waals surface area (Å²) in [6.07, 6.45) is 9.11. The molecule has 4 heteroatoms. The zero-order chi connectivity index (χ0) is 19.2. The van der Waals surface area contributed by atoms with Crippen molar-refractivity contribution in [2.45, 2.75) is 71.1 Å². The maximum Gasteiger partial charge on any atom is 0.269 e. The number of rotatable bonds is 3. The van der Waals surface area contributed by atoms with Crippen molar-refractivity contribution < 1.29 is 4.79 Å². The molecule has 4 rings (SSSR count). The highest BCUT2D eigenvalue weighted by molar-refractivity contribution is 5.92. The number of aryl methyl sites for hydroxylation is 3. The molecule has 2 aliphatic carbocycles. The molecule has 27 heavy (non-hydrogen) atoms. The summed E-state index contributed by atoms with van der Waals surface area (Å²) in [5.41, 5.74) is 12.4. The Bertz CT molecular complexity index is 895. The van der Waals surface area contributed by atoms with E-state index >= 15 is 0 Å². The fourth-order valence-corrected chi connectivity index (χ4v) is 5.27. The van der Waals surface area contributed by atoms with E-state index in [1.54, 1.807) is 12.5 Å². The molecule has 2 N–H and O–H groups in total. The first-order valence-corrected chi connectivity index (χ1v) is 10.2. The number of benzene rings is 1. The molecule has 0 bridgehead atoms. The first-order valence-electron chi connectivity index (χ1n) is 10.2. The lowest BCUT2D eigenvalue weighted by atomic mass is 9.67. The van der Waals surface area contributed by atoms with Gasteiger partial charge < -0.3 is 5.73 Å². The van der Waals surface area contributed by atoms with E-state index in [1.165, 1.54) is 44.1 Å². The van der Waals surface area contributed by atoms with Gasteiger partial charge in [0.25, 0.3) is 5.91 Å². The van der Waals surface area contributed by atoms with E-state index in [0.29, 0.717) is 11.1 Å². The Balaban J connectivity index is 1.70. The second-order valence-corrected chi connectivity index (χ2v) is 8.46. The highest BCUT2D eigenvalue weighted by atomic mass is 16.1. The molecule has 1 fully saturated rings. The fourth-order valence-electron chi connectivity index (χ4n) is 5.27. The average molecular weight is 364 g/mol. The van der Waals surface area contributed by atoms with Crippen LogP contribution in [0.3, 0.4) is 0 Å². The van der Waals surface area contributed by atoms with Crippen molar-refractivity contribution >= 4 is 5.91 Å². The molecule has 1 saturated carbocycles. The van der Waals surface area contributed by atoms with Crippen LogP contribution in [0.15, 0.2) is 18.2 Å². The molecule has 1 amide bonds. The monoisotopic (exact) mass is 363 g/mol. The number of nitrogens with zero attached hydrogens (tertiary/aromatic N) is 2. The Kier molecular flexibility index (Phi) is 4.53. The second-order valence-electron chi connectivity index (χ2n) is 8.46. The van der Waals surface area contributed by atoms with Crippen LogP contribution in [0.25, 0.3) is 11.3 Å². The molecule has 0 atom stereocenters.